The summed E-state index contributed by atoms with van der Waals surface area (Å²) >= 11 is 3.48. The number of fused-ring (bicyclic) bond motifs is 1. The fourth-order valence-electron chi connectivity index (χ4n) is 2.65. The lowest BCUT2D eigenvalue weighted by molar-refractivity contribution is 0.0945. The highest BCUT2D eigenvalue weighted by Crippen LogP contribution is 2.30. The number of rotatable bonds is 2. The average molecular weight is 346 g/mol. The summed E-state index contributed by atoms with van der Waals surface area (Å²) in [6.07, 6.45) is 0.0882. The van der Waals surface area contributed by atoms with E-state index in [9.17, 15) is 9.90 Å². The van der Waals surface area contributed by atoms with E-state index >= 15 is 0 Å². The summed E-state index contributed by atoms with van der Waals surface area (Å²) in [5, 5.41) is 13.5. The number of carbonyl (C=O) groups is 1. The van der Waals surface area contributed by atoms with Gasteiger partial charge in [-0.1, -0.05) is 45.8 Å². The number of carbonyl (C=O) groups excluding carboxylic acids is 1. The Morgan fingerprint density at radius 3 is 2.86 bits per heavy atom. The Bertz CT molecular complexity index is 712. The first-order valence-electron chi connectivity index (χ1n) is 6.91. The van der Waals surface area contributed by atoms with Crippen LogP contribution in [0, 0.1) is 6.92 Å². The molecule has 2 aromatic rings. The van der Waals surface area contributed by atoms with Gasteiger partial charge in [0.2, 0.25) is 0 Å². The van der Waals surface area contributed by atoms with Gasteiger partial charge in [0, 0.05) is 16.6 Å². The number of aryl methyl sites for hydroxylation is 1. The van der Waals surface area contributed by atoms with Gasteiger partial charge in [0.05, 0.1) is 0 Å². The fraction of sp³-hybridized carbons (Fsp3) is 0.235. The number of halogens is 1. The van der Waals surface area contributed by atoms with E-state index in [2.05, 4.69) is 21.2 Å². The third-order valence-electron chi connectivity index (χ3n) is 3.82. The Morgan fingerprint density at radius 1 is 1.24 bits per heavy atom. The largest absolute Gasteiger partial charge is 0.384 e. The van der Waals surface area contributed by atoms with Crippen LogP contribution in [0.15, 0.2) is 40.9 Å². The first-order chi connectivity index (χ1) is 10.1. The molecule has 0 spiro atoms. The molecular formula is C17H16BrNO2. The van der Waals surface area contributed by atoms with Gasteiger partial charge < -0.3 is 10.4 Å². The third kappa shape index (κ3) is 2.74. The van der Waals surface area contributed by atoms with Gasteiger partial charge in [-0.15, -0.1) is 0 Å². The van der Waals surface area contributed by atoms with Crippen LogP contribution in [0.1, 0.15) is 38.7 Å². The monoisotopic (exact) mass is 345 g/mol. The summed E-state index contributed by atoms with van der Waals surface area (Å²) in [5.41, 5.74) is 4.34. The SMILES string of the molecule is Cc1ccc(Br)c(C(O)c2ccc3c(c2)C(=O)NCC3)c1. The molecule has 1 aliphatic rings. The molecule has 4 heteroatoms. The molecule has 0 saturated carbocycles. The summed E-state index contributed by atoms with van der Waals surface area (Å²) < 4.78 is 0.864. The first-order valence-corrected chi connectivity index (χ1v) is 7.70. The van der Waals surface area contributed by atoms with Crippen LogP contribution in [0.2, 0.25) is 0 Å². The van der Waals surface area contributed by atoms with Gasteiger partial charge in [0.15, 0.2) is 0 Å². The Balaban J connectivity index is 2.02. The van der Waals surface area contributed by atoms with Crippen LogP contribution >= 0.6 is 15.9 Å². The standard InChI is InChI=1S/C17H16BrNO2/c1-10-2-5-15(18)14(8-10)16(20)12-4-3-11-6-7-19-17(21)13(11)9-12/h2-5,8-9,16,20H,6-7H2,1H3,(H,19,21). The molecule has 0 aliphatic carbocycles. The van der Waals surface area contributed by atoms with Crippen LogP contribution < -0.4 is 5.32 Å². The lowest BCUT2D eigenvalue weighted by atomic mass is 9.93. The predicted molar refractivity (Wildman–Crippen MR) is 85.4 cm³/mol. The Hall–Kier alpha value is -1.65. The molecule has 0 bridgehead atoms. The quantitative estimate of drug-likeness (QED) is 0.878. The van der Waals surface area contributed by atoms with Crippen LogP contribution in [-0.2, 0) is 6.42 Å². The number of benzene rings is 2. The van der Waals surface area contributed by atoms with Gasteiger partial charge in [-0.25, -0.2) is 0 Å². The number of aliphatic hydroxyl groups is 1. The van der Waals surface area contributed by atoms with Crippen LogP contribution in [-0.4, -0.2) is 17.6 Å². The topological polar surface area (TPSA) is 49.3 Å². The third-order valence-corrected chi connectivity index (χ3v) is 4.54. The van der Waals surface area contributed by atoms with Gasteiger partial charge in [-0.3, -0.25) is 4.79 Å². The van der Waals surface area contributed by atoms with Crippen molar-refractivity contribution in [1.29, 1.82) is 0 Å². The van der Waals surface area contributed by atoms with Crippen molar-refractivity contribution in [2.24, 2.45) is 0 Å². The Morgan fingerprint density at radius 2 is 2.05 bits per heavy atom. The molecule has 1 heterocycles. The maximum atomic E-state index is 11.9. The maximum absolute atomic E-state index is 11.9. The molecule has 0 radical (unpaired) electrons. The van der Waals surface area contributed by atoms with Crippen molar-refractivity contribution in [2.45, 2.75) is 19.4 Å². The van der Waals surface area contributed by atoms with E-state index in [1.807, 2.05) is 37.3 Å². The van der Waals surface area contributed by atoms with E-state index in [1.165, 1.54) is 0 Å². The molecule has 3 nitrogen and oxygen atoms in total. The molecule has 2 aromatic carbocycles. The van der Waals surface area contributed by atoms with Crippen molar-refractivity contribution >= 4 is 21.8 Å². The summed E-state index contributed by atoms with van der Waals surface area (Å²) in [6.45, 7) is 2.67. The van der Waals surface area contributed by atoms with E-state index in [0.717, 1.165) is 33.1 Å². The second kappa shape index (κ2) is 5.62. The first kappa shape index (κ1) is 14.3. The van der Waals surface area contributed by atoms with Gasteiger partial charge in [0.25, 0.3) is 5.91 Å². The van der Waals surface area contributed by atoms with Gasteiger partial charge in [-0.2, -0.15) is 0 Å². The van der Waals surface area contributed by atoms with Crippen molar-refractivity contribution in [3.05, 3.63) is 68.7 Å². The zero-order chi connectivity index (χ0) is 15.0. The molecule has 0 aromatic heterocycles. The molecule has 0 fully saturated rings. The minimum absolute atomic E-state index is 0.0615. The second-order valence-electron chi connectivity index (χ2n) is 5.35. The number of hydrogen-bond donors (Lipinski definition) is 2. The minimum Gasteiger partial charge on any atom is -0.384 e. The molecule has 1 atom stereocenters. The maximum Gasteiger partial charge on any atom is 0.251 e. The molecule has 2 N–H and O–H groups in total. The number of nitrogens with one attached hydrogen (secondary N) is 1. The summed E-state index contributed by atoms with van der Waals surface area (Å²) in [7, 11) is 0. The molecule has 108 valence electrons. The van der Waals surface area contributed by atoms with Crippen molar-refractivity contribution in [1.82, 2.24) is 5.32 Å². The molecule has 1 unspecified atom stereocenters. The van der Waals surface area contributed by atoms with Crippen LogP contribution in [0.4, 0.5) is 0 Å². The number of amides is 1. The predicted octanol–water partition coefficient (Wildman–Crippen LogP) is 3.13. The molecule has 1 amide bonds. The van der Waals surface area contributed by atoms with Gasteiger partial charge in [0.1, 0.15) is 6.10 Å². The zero-order valence-electron chi connectivity index (χ0n) is 11.7. The highest BCUT2D eigenvalue weighted by molar-refractivity contribution is 9.10. The summed E-state index contributed by atoms with van der Waals surface area (Å²) in [4.78, 5) is 11.9. The second-order valence-corrected chi connectivity index (χ2v) is 6.20. The lowest BCUT2D eigenvalue weighted by Crippen LogP contribution is -2.31. The van der Waals surface area contributed by atoms with Crippen molar-refractivity contribution in [3.63, 3.8) is 0 Å². The van der Waals surface area contributed by atoms with E-state index in [-0.39, 0.29) is 5.91 Å². The van der Waals surface area contributed by atoms with Gasteiger partial charge in [-0.05, 0) is 42.2 Å². The highest BCUT2D eigenvalue weighted by Gasteiger charge is 2.20. The molecule has 0 saturated heterocycles. The fourth-order valence-corrected chi connectivity index (χ4v) is 3.12. The molecule has 1 aliphatic heterocycles. The average Bonchev–Trinajstić information content (AvgIpc) is 2.49. The Kier molecular flexibility index (Phi) is 3.83. The number of aliphatic hydroxyl groups excluding tert-OH is 1. The Labute approximate surface area is 132 Å². The van der Waals surface area contributed by atoms with Gasteiger partial charge >= 0.3 is 0 Å². The minimum atomic E-state index is -0.751. The van der Waals surface area contributed by atoms with Crippen LogP contribution in [0.25, 0.3) is 0 Å². The smallest absolute Gasteiger partial charge is 0.251 e. The van der Waals surface area contributed by atoms with E-state index in [4.69, 9.17) is 0 Å². The zero-order valence-corrected chi connectivity index (χ0v) is 13.3. The normalized spacial score (nSPS) is 15.3. The van der Waals surface area contributed by atoms with E-state index < -0.39 is 6.10 Å². The highest BCUT2D eigenvalue weighted by atomic mass is 79.9. The van der Waals surface area contributed by atoms with E-state index in [1.54, 1.807) is 6.07 Å². The van der Waals surface area contributed by atoms with Crippen molar-refractivity contribution in [3.8, 4) is 0 Å². The number of hydrogen-bond acceptors (Lipinski definition) is 2. The summed E-state index contributed by atoms with van der Waals surface area (Å²) in [6, 6.07) is 11.5. The molecule has 3 rings (SSSR count). The van der Waals surface area contributed by atoms with Crippen molar-refractivity contribution in [2.75, 3.05) is 6.54 Å². The lowest BCUT2D eigenvalue weighted by Gasteiger charge is -2.20. The summed E-state index contributed by atoms with van der Waals surface area (Å²) in [5.74, 6) is -0.0615. The van der Waals surface area contributed by atoms with Crippen molar-refractivity contribution < 1.29 is 9.90 Å². The van der Waals surface area contributed by atoms with Crippen LogP contribution in [0.5, 0.6) is 0 Å². The molecule has 21 heavy (non-hydrogen) atoms. The van der Waals surface area contributed by atoms with E-state index in [0.29, 0.717) is 12.1 Å². The molecular weight excluding hydrogens is 330 g/mol. The van der Waals surface area contributed by atoms with Crippen LogP contribution in [0.3, 0.4) is 0 Å².